The van der Waals surface area contributed by atoms with Gasteiger partial charge in [-0.15, -0.1) is 0 Å². The molecule has 0 aliphatic carbocycles. The Morgan fingerprint density at radius 3 is 2.65 bits per heavy atom. The molecule has 3 nitrogen and oxygen atoms in total. The lowest BCUT2D eigenvalue weighted by molar-refractivity contribution is 0.468. The molecular formula is C13H15ClN2O. The minimum absolute atomic E-state index is 0.497. The highest BCUT2D eigenvalue weighted by atomic mass is 35.5. The van der Waals surface area contributed by atoms with Gasteiger partial charge in [0.1, 0.15) is 5.75 Å². The van der Waals surface area contributed by atoms with Gasteiger partial charge in [0.2, 0.25) is 0 Å². The number of hydrogen-bond donors (Lipinski definition) is 0. The van der Waals surface area contributed by atoms with E-state index in [2.05, 4.69) is 18.9 Å². The molecule has 1 heterocycles. The van der Waals surface area contributed by atoms with E-state index < -0.39 is 0 Å². The number of ether oxygens (including phenoxy) is 1. The quantitative estimate of drug-likeness (QED) is 0.821. The zero-order chi connectivity index (χ0) is 12.3. The molecule has 0 unspecified atom stereocenters. The van der Waals surface area contributed by atoms with Gasteiger partial charge in [-0.1, -0.05) is 43.6 Å². The van der Waals surface area contributed by atoms with Crippen LogP contribution in [-0.4, -0.2) is 9.78 Å². The van der Waals surface area contributed by atoms with Crippen molar-refractivity contribution < 1.29 is 4.74 Å². The normalized spacial score (nSPS) is 10.8. The summed E-state index contributed by atoms with van der Waals surface area (Å²) in [7, 11) is 0. The molecule has 0 radical (unpaired) electrons. The average molecular weight is 251 g/mol. The number of halogens is 1. The predicted molar refractivity (Wildman–Crippen MR) is 68.6 cm³/mol. The summed E-state index contributed by atoms with van der Waals surface area (Å²) in [6, 6.07) is 9.55. The lowest BCUT2D eigenvalue weighted by Crippen LogP contribution is -2.05. The van der Waals surface area contributed by atoms with Crippen LogP contribution in [0.5, 0.6) is 11.5 Å². The minimum atomic E-state index is 0.497. The minimum Gasteiger partial charge on any atom is -0.452 e. The second kappa shape index (κ2) is 5.23. The van der Waals surface area contributed by atoms with Gasteiger partial charge in [0.05, 0.1) is 6.20 Å². The fourth-order valence-electron chi connectivity index (χ4n) is 1.51. The fourth-order valence-corrected chi connectivity index (χ4v) is 1.71. The van der Waals surface area contributed by atoms with Crippen molar-refractivity contribution in [1.29, 1.82) is 0 Å². The zero-order valence-electron chi connectivity index (χ0n) is 9.93. The van der Waals surface area contributed by atoms with E-state index in [1.165, 1.54) is 0 Å². The van der Waals surface area contributed by atoms with E-state index in [1.807, 2.05) is 30.3 Å². The van der Waals surface area contributed by atoms with Gasteiger partial charge in [-0.05, 0) is 18.1 Å². The van der Waals surface area contributed by atoms with Crippen LogP contribution in [0.25, 0.3) is 0 Å². The number of rotatable bonds is 4. The van der Waals surface area contributed by atoms with Gasteiger partial charge in [0.25, 0.3) is 0 Å². The van der Waals surface area contributed by atoms with E-state index in [-0.39, 0.29) is 0 Å². The lowest BCUT2D eigenvalue weighted by atomic mass is 10.2. The molecule has 17 heavy (non-hydrogen) atoms. The molecule has 0 aliphatic heterocycles. The number of benzene rings is 1. The van der Waals surface area contributed by atoms with Crippen molar-refractivity contribution >= 4 is 11.6 Å². The molecule has 90 valence electrons. The lowest BCUT2D eigenvalue weighted by Gasteiger charge is -2.07. The monoisotopic (exact) mass is 250 g/mol. The highest BCUT2D eigenvalue weighted by molar-refractivity contribution is 6.31. The van der Waals surface area contributed by atoms with E-state index in [0.29, 0.717) is 16.8 Å². The van der Waals surface area contributed by atoms with Crippen LogP contribution < -0.4 is 4.74 Å². The Morgan fingerprint density at radius 2 is 2.00 bits per heavy atom. The van der Waals surface area contributed by atoms with Gasteiger partial charge in [-0.25, -0.2) is 0 Å². The molecule has 0 fully saturated rings. The van der Waals surface area contributed by atoms with Gasteiger partial charge < -0.3 is 4.74 Å². The molecule has 4 heteroatoms. The summed E-state index contributed by atoms with van der Waals surface area (Å²) in [5.74, 6) is 1.86. The SMILES string of the molecule is CC(C)Cn1ncc(Oc2ccccc2)c1Cl. The number of para-hydroxylation sites is 1. The molecule has 0 atom stereocenters. The molecule has 0 saturated carbocycles. The van der Waals surface area contributed by atoms with Crippen molar-refractivity contribution in [2.45, 2.75) is 20.4 Å². The molecule has 1 aromatic carbocycles. The third-order valence-electron chi connectivity index (χ3n) is 2.25. The molecule has 1 aromatic heterocycles. The van der Waals surface area contributed by atoms with Gasteiger partial charge in [0, 0.05) is 6.54 Å². The van der Waals surface area contributed by atoms with E-state index in [0.717, 1.165) is 12.3 Å². The van der Waals surface area contributed by atoms with E-state index in [4.69, 9.17) is 16.3 Å². The van der Waals surface area contributed by atoms with Gasteiger partial charge >= 0.3 is 0 Å². The average Bonchev–Trinajstić information content (AvgIpc) is 2.62. The number of nitrogens with zero attached hydrogens (tertiary/aromatic N) is 2. The van der Waals surface area contributed by atoms with Gasteiger partial charge in [-0.2, -0.15) is 5.10 Å². The predicted octanol–water partition coefficient (Wildman–Crippen LogP) is 3.98. The Morgan fingerprint density at radius 1 is 1.29 bits per heavy atom. The number of aromatic nitrogens is 2. The van der Waals surface area contributed by atoms with E-state index in [1.54, 1.807) is 10.9 Å². The van der Waals surface area contributed by atoms with Crippen LogP contribution in [0.4, 0.5) is 0 Å². The van der Waals surface area contributed by atoms with Crippen LogP contribution in [0, 0.1) is 5.92 Å². The zero-order valence-corrected chi connectivity index (χ0v) is 10.7. The Balaban J connectivity index is 2.15. The number of hydrogen-bond acceptors (Lipinski definition) is 2. The smallest absolute Gasteiger partial charge is 0.184 e. The molecule has 2 aromatic rings. The highest BCUT2D eigenvalue weighted by Crippen LogP contribution is 2.29. The van der Waals surface area contributed by atoms with Crippen molar-refractivity contribution in [3.63, 3.8) is 0 Å². The maximum Gasteiger partial charge on any atom is 0.184 e. The van der Waals surface area contributed by atoms with Crippen LogP contribution in [-0.2, 0) is 6.54 Å². The molecule has 0 spiro atoms. The van der Waals surface area contributed by atoms with Crippen molar-refractivity contribution in [2.24, 2.45) is 5.92 Å². The Hall–Kier alpha value is -1.48. The van der Waals surface area contributed by atoms with Crippen molar-refractivity contribution in [1.82, 2.24) is 9.78 Å². The molecule has 0 amide bonds. The van der Waals surface area contributed by atoms with Crippen molar-refractivity contribution in [3.05, 3.63) is 41.7 Å². The largest absolute Gasteiger partial charge is 0.452 e. The third kappa shape index (κ3) is 3.01. The molecule has 0 saturated heterocycles. The van der Waals surface area contributed by atoms with Crippen LogP contribution in [0.15, 0.2) is 36.5 Å². The first-order chi connectivity index (χ1) is 8.16. The van der Waals surface area contributed by atoms with Gasteiger partial charge in [-0.3, -0.25) is 4.68 Å². The summed E-state index contributed by atoms with van der Waals surface area (Å²) in [6.07, 6.45) is 1.65. The molecule has 0 aliphatic rings. The topological polar surface area (TPSA) is 27.1 Å². The maximum absolute atomic E-state index is 6.19. The van der Waals surface area contributed by atoms with Crippen molar-refractivity contribution in [3.8, 4) is 11.5 Å². The summed E-state index contributed by atoms with van der Waals surface area (Å²) in [5, 5.41) is 4.76. The molecule has 0 bridgehead atoms. The third-order valence-corrected chi connectivity index (χ3v) is 2.63. The van der Waals surface area contributed by atoms with Crippen LogP contribution >= 0.6 is 11.6 Å². The summed E-state index contributed by atoms with van der Waals surface area (Å²) >= 11 is 6.19. The summed E-state index contributed by atoms with van der Waals surface area (Å²) < 4.78 is 7.41. The van der Waals surface area contributed by atoms with E-state index in [9.17, 15) is 0 Å². The van der Waals surface area contributed by atoms with Crippen LogP contribution in [0.3, 0.4) is 0 Å². The molecule has 2 rings (SSSR count). The molecule has 0 N–H and O–H groups in total. The first-order valence-corrected chi connectivity index (χ1v) is 5.99. The van der Waals surface area contributed by atoms with E-state index >= 15 is 0 Å². The maximum atomic E-state index is 6.19. The highest BCUT2D eigenvalue weighted by Gasteiger charge is 2.11. The molecular weight excluding hydrogens is 236 g/mol. The Labute approximate surface area is 106 Å². The summed E-state index contributed by atoms with van der Waals surface area (Å²) in [4.78, 5) is 0. The Bertz CT molecular complexity index is 479. The second-order valence-electron chi connectivity index (χ2n) is 4.29. The summed E-state index contributed by atoms with van der Waals surface area (Å²) in [6.45, 7) is 5.03. The second-order valence-corrected chi connectivity index (χ2v) is 4.65. The van der Waals surface area contributed by atoms with Crippen LogP contribution in [0.2, 0.25) is 5.15 Å². The standard InChI is InChI=1S/C13H15ClN2O/c1-10(2)9-16-13(14)12(8-15-16)17-11-6-4-3-5-7-11/h3-8,10H,9H2,1-2H3. The van der Waals surface area contributed by atoms with Crippen LogP contribution in [0.1, 0.15) is 13.8 Å². The summed E-state index contributed by atoms with van der Waals surface area (Å²) in [5.41, 5.74) is 0. The first kappa shape index (κ1) is 12.0. The van der Waals surface area contributed by atoms with Crippen molar-refractivity contribution in [2.75, 3.05) is 0 Å². The first-order valence-electron chi connectivity index (χ1n) is 5.61. The van der Waals surface area contributed by atoms with Gasteiger partial charge in [0.15, 0.2) is 10.9 Å². The fraction of sp³-hybridized carbons (Fsp3) is 0.308. The Kier molecular flexibility index (Phi) is 3.69.